The third-order valence-corrected chi connectivity index (χ3v) is 4.05. The Morgan fingerprint density at radius 3 is 2.56 bits per heavy atom. The van der Waals surface area contributed by atoms with E-state index in [9.17, 15) is 4.79 Å². The van der Waals surface area contributed by atoms with E-state index in [0.717, 1.165) is 14.4 Å². The number of hydrogen-bond acceptors (Lipinski definition) is 2. The van der Waals surface area contributed by atoms with Crippen molar-refractivity contribution in [1.29, 1.82) is 0 Å². The summed E-state index contributed by atoms with van der Waals surface area (Å²) in [6.07, 6.45) is 3.42. The lowest BCUT2D eigenvalue weighted by Crippen LogP contribution is -2.23. The van der Waals surface area contributed by atoms with Gasteiger partial charge >= 0.3 is 0 Å². The van der Waals surface area contributed by atoms with Crippen LogP contribution in [0, 0.1) is 0 Å². The van der Waals surface area contributed by atoms with Crippen molar-refractivity contribution in [3.8, 4) is 0 Å². The summed E-state index contributed by atoms with van der Waals surface area (Å²) in [6.45, 7) is 0. The first kappa shape index (κ1) is 13.1. The number of nitrogens with zero attached hydrogens (tertiary/aromatic N) is 1. The molecule has 2 nitrogen and oxygen atoms in total. The molecule has 0 atom stereocenters. The van der Waals surface area contributed by atoms with Crippen molar-refractivity contribution in [3.05, 3.63) is 57.2 Å². The molecule has 1 aromatic heterocycles. The smallest absolute Gasteiger partial charge is 0.250 e. The highest BCUT2D eigenvalue weighted by molar-refractivity contribution is 9.11. The van der Waals surface area contributed by atoms with E-state index >= 15 is 0 Å². The molecule has 0 fully saturated rings. The Morgan fingerprint density at radius 2 is 1.94 bits per heavy atom. The molecule has 0 aliphatic rings. The monoisotopic (exact) mass is 321 g/mol. The number of para-hydroxylation sites is 1. The Balaban J connectivity index is 2.06. The van der Waals surface area contributed by atoms with E-state index in [4.69, 9.17) is 0 Å². The Hall–Kier alpha value is -1.39. The number of thiophene rings is 1. The summed E-state index contributed by atoms with van der Waals surface area (Å²) in [4.78, 5) is 14.6. The van der Waals surface area contributed by atoms with E-state index in [2.05, 4.69) is 15.9 Å². The quantitative estimate of drug-likeness (QED) is 0.776. The molecule has 0 radical (unpaired) electrons. The number of amides is 1. The molecule has 0 bridgehead atoms. The average Bonchev–Trinajstić information content (AvgIpc) is 2.82. The van der Waals surface area contributed by atoms with Gasteiger partial charge in [0.15, 0.2) is 0 Å². The van der Waals surface area contributed by atoms with Crippen LogP contribution in [0.2, 0.25) is 0 Å². The number of carbonyl (C=O) groups excluding carboxylic acids is 1. The minimum atomic E-state index is -0.0364. The molecule has 0 spiro atoms. The highest BCUT2D eigenvalue weighted by Crippen LogP contribution is 2.23. The van der Waals surface area contributed by atoms with E-state index in [1.54, 1.807) is 29.4 Å². The third kappa shape index (κ3) is 3.31. The molecule has 0 aliphatic carbocycles. The molecular formula is C14H12BrNOS. The Morgan fingerprint density at radius 1 is 1.22 bits per heavy atom. The third-order valence-electron chi connectivity index (χ3n) is 2.46. The zero-order valence-corrected chi connectivity index (χ0v) is 12.2. The topological polar surface area (TPSA) is 20.3 Å². The number of carbonyl (C=O) groups is 1. The highest BCUT2D eigenvalue weighted by atomic mass is 79.9. The first-order valence-electron chi connectivity index (χ1n) is 5.43. The van der Waals surface area contributed by atoms with Gasteiger partial charge < -0.3 is 4.90 Å². The molecule has 0 saturated carbocycles. The molecular weight excluding hydrogens is 310 g/mol. The van der Waals surface area contributed by atoms with Gasteiger partial charge in [-0.05, 0) is 46.3 Å². The number of rotatable bonds is 3. The molecule has 92 valence electrons. The van der Waals surface area contributed by atoms with Gasteiger partial charge in [-0.3, -0.25) is 4.79 Å². The number of benzene rings is 1. The molecule has 0 aliphatic heterocycles. The van der Waals surface area contributed by atoms with Gasteiger partial charge in [0.25, 0.3) is 5.91 Å². The summed E-state index contributed by atoms with van der Waals surface area (Å²) < 4.78 is 1.06. The molecule has 1 heterocycles. The van der Waals surface area contributed by atoms with Crippen molar-refractivity contribution in [2.75, 3.05) is 11.9 Å². The van der Waals surface area contributed by atoms with Crippen molar-refractivity contribution in [3.63, 3.8) is 0 Å². The number of likely N-dealkylation sites (N-methyl/N-ethyl adjacent to an activating group) is 1. The second-order valence-electron chi connectivity index (χ2n) is 3.71. The number of hydrogen-bond donors (Lipinski definition) is 0. The fourth-order valence-corrected chi connectivity index (χ4v) is 2.79. The molecule has 0 N–H and O–H groups in total. The van der Waals surface area contributed by atoms with Crippen molar-refractivity contribution >= 4 is 44.9 Å². The van der Waals surface area contributed by atoms with Crippen LogP contribution in [0.3, 0.4) is 0 Å². The number of halogens is 1. The van der Waals surface area contributed by atoms with Crippen molar-refractivity contribution in [2.24, 2.45) is 0 Å². The largest absolute Gasteiger partial charge is 0.312 e. The van der Waals surface area contributed by atoms with Gasteiger partial charge in [-0.1, -0.05) is 18.2 Å². The standard InChI is InChI=1S/C14H12BrNOS/c1-16(11-5-3-2-4-6-11)14(17)10-8-12-7-9-13(15)18-12/h2-10H,1H3/b10-8+. The van der Waals surface area contributed by atoms with Gasteiger partial charge in [-0.25, -0.2) is 0 Å². The average molecular weight is 322 g/mol. The van der Waals surface area contributed by atoms with Crippen LogP contribution in [0.15, 0.2) is 52.3 Å². The first-order chi connectivity index (χ1) is 8.66. The lowest BCUT2D eigenvalue weighted by molar-refractivity contribution is -0.113. The van der Waals surface area contributed by atoms with Gasteiger partial charge in [0.1, 0.15) is 0 Å². The van der Waals surface area contributed by atoms with E-state index in [1.807, 2.05) is 48.5 Å². The zero-order valence-electron chi connectivity index (χ0n) is 9.84. The van der Waals surface area contributed by atoms with Crippen LogP contribution in [0.1, 0.15) is 4.88 Å². The van der Waals surface area contributed by atoms with E-state index in [0.29, 0.717) is 0 Å². The second kappa shape index (κ2) is 5.98. The molecule has 0 saturated heterocycles. The van der Waals surface area contributed by atoms with Crippen LogP contribution in [-0.2, 0) is 4.79 Å². The Bertz CT molecular complexity index is 562. The molecule has 4 heteroatoms. The fraction of sp³-hybridized carbons (Fsp3) is 0.0714. The summed E-state index contributed by atoms with van der Waals surface area (Å²) in [7, 11) is 1.77. The van der Waals surface area contributed by atoms with Crippen LogP contribution >= 0.6 is 27.3 Å². The lowest BCUT2D eigenvalue weighted by atomic mass is 10.3. The summed E-state index contributed by atoms with van der Waals surface area (Å²) >= 11 is 4.99. The van der Waals surface area contributed by atoms with Gasteiger partial charge in [-0.2, -0.15) is 0 Å². The van der Waals surface area contributed by atoms with Crippen LogP contribution in [0.25, 0.3) is 6.08 Å². The van der Waals surface area contributed by atoms with Crippen LogP contribution in [0.4, 0.5) is 5.69 Å². The van der Waals surface area contributed by atoms with Crippen LogP contribution in [0.5, 0.6) is 0 Å². The second-order valence-corrected chi connectivity index (χ2v) is 6.20. The highest BCUT2D eigenvalue weighted by Gasteiger charge is 2.06. The predicted molar refractivity (Wildman–Crippen MR) is 80.9 cm³/mol. The minimum absolute atomic E-state index is 0.0364. The van der Waals surface area contributed by atoms with E-state index < -0.39 is 0 Å². The maximum absolute atomic E-state index is 12.0. The summed E-state index contributed by atoms with van der Waals surface area (Å²) in [5, 5.41) is 0. The van der Waals surface area contributed by atoms with Gasteiger partial charge in [-0.15, -0.1) is 11.3 Å². The Kier molecular flexibility index (Phi) is 4.33. The summed E-state index contributed by atoms with van der Waals surface area (Å²) in [6, 6.07) is 13.5. The molecule has 2 aromatic rings. The van der Waals surface area contributed by atoms with Crippen molar-refractivity contribution < 1.29 is 4.79 Å². The van der Waals surface area contributed by atoms with E-state index in [-0.39, 0.29) is 5.91 Å². The molecule has 1 aromatic carbocycles. The molecule has 18 heavy (non-hydrogen) atoms. The van der Waals surface area contributed by atoms with Crippen LogP contribution < -0.4 is 4.90 Å². The normalized spacial score (nSPS) is 10.8. The number of anilines is 1. The van der Waals surface area contributed by atoms with Crippen molar-refractivity contribution in [2.45, 2.75) is 0 Å². The minimum Gasteiger partial charge on any atom is -0.312 e. The van der Waals surface area contributed by atoms with Gasteiger partial charge in [0.2, 0.25) is 0 Å². The van der Waals surface area contributed by atoms with Crippen LogP contribution in [-0.4, -0.2) is 13.0 Å². The molecule has 2 rings (SSSR count). The summed E-state index contributed by atoms with van der Waals surface area (Å²) in [5.74, 6) is -0.0364. The lowest BCUT2D eigenvalue weighted by Gasteiger charge is -2.14. The Labute approximate surface area is 119 Å². The van der Waals surface area contributed by atoms with Gasteiger partial charge in [0, 0.05) is 23.7 Å². The van der Waals surface area contributed by atoms with Gasteiger partial charge in [0.05, 0.1) is 3.79 Å². The first-order valence-corrected chi connectivity index (χ1v) is 7.04. The maximum atomic E-state index is 12.0. The molecule has 1 amide bonds. The maximum Gasteiger partial charge on any atom is 0.250 e. The predicted octanol–water partition coefficient (Wildman–Crippen LogP) is 4.19. The van der Waals surface area contributed by atoms with Crippen molar-refractivity contribution in [1.82, 2.24) is 0 Å². The van der Waals surface area contributed by atoms with E-state index in [1.165, 1.54) is 0 Å². The molecule has 0 unspecified atom stereocenters. The summed E-state index contributed by atoms with van der Waals surface area (Å²) in [5.41, 5.74) is 0.888. The zero-order chi connectivity index (χ0) is 13.0. The SMILES string of the molecule is CN(C(=O)/C=C/c1ccc(Br)s1)c1ccccc1. The fourth-order valence-electron chi connectivity index (χ4n) is 1.46.